The van der Waals surface area contributed by atoms with Crippen molar-refractivity contribution in [2.45, 2.75) is 19.4 Å². The van der Waals surface area contributed by atoms with Gasteiger partial charge in [-0.2, -0.15) is 0 Å². The molecule has 1 N–H and O–H groups in total. The molecule has 0 bridgehead atoms. The van der Waals surface area contributed by atoms with Crippen LogP contribution in [-0.2, 0) is 33.7 Å². The average Bonchev–Trinajstić information content (AvgIpc) is 2.82. The summed E-state index contributed by atoms with van der Waals surface area (Å²) >= 11 is 0. The molecule has 172 valence electrons. The second kappa shape index (κ2) is 14.6. The van der Waals surface area contributed by atoms with E-state index in [2.05, 4.69) is 0 Å². The Morgan fingerprint density at radius 2 is 1.00 bits per heavy atom. The number of hydrogen-bond donors (Lipinski definition) is 1. The molecular formula is C24H34O7. The van der Waals surface area contributed by atoms with Gasteiger partial charge in [-0.15, -0.1) is 0 Å². The Balaban J connectivity index is 1.54. The van der Waals surface area contributed by atoms with Crippen LogP contribution < -0.4 is 14.2 Å². The zero-order chi connectivity index (χ0) is 22.3. The molecule has 0 unspecified atom stereocenters. The molecule has 2 aromatic carbocycles. The molecule has 0 aliphatic carbocycles. The van der Waals surface area contributed by atoms with Crippen LogP contribution in [0.1, 0.15) is 16.7 Å². The van der Waals surface area contributed by atoms with Crippen molar-refractivity contribution in [3.8, 4) is 17.2 Å². The minimum Gasteiger partial charge on any atom is -0.496 e. The van der Waals surface area contributed by atoms with Crippen LogP contribution in [0.15, 0.2) is 36.4 Å². The highest BCUT2D eigenvalue weighted by Gasteiger charge is 2.10. The van der Waals surface area contributed by atoms with Gasteiger partial charge in [0.25, 0.3) is 0 Å². The third kappa shape index (κ3) is 8.03. The smallest absolute Gasteiger partial charge is 0.125 e. The predicted octanol–water partition coefficient (Wildman–Crippen LogP) is 3.04. The Labute approximate surface area is 184 Å². The number of aliphatic hydroxyl groups is 1. The molecule has 0 aliphatic heterocycles. The molecule has 7 heteroatoms. The lowest BCUT2D eigenvalue weighted by Gasteiger charge is -2.13. The van der Waals surface area contributed by atoms with Gasteiger partial charge in [-0.25, -0.2) is 0 Å². The van der Waals surface area contributed by atoms with Crippen molar-refractivity contribution in [3.05, 3.63) is 53.1 Å². The normalized spacial score (nSPS) is 10.8. The lowest BCUT2D eigenvalue weighted by molar-refractivity contribution is 0.0154. The molecule has 0 spiro atoms. The highest BCUT2D eigenvalue weighted by atomic mass is 16.5. The Morgan fingerprint density at radius 3 is 1.48 bits per heavy atom. The number of ether oxygens (including phenoxy) is 6. The SMILES string of the molecule is COc1cccc(CO)c1CCOCCOCCOCCc1c(OC)cccc1OC. The van der Waals surface area contributed by atoms with E-state index in [4.69, 9.17) is 28.4 Å². The van der Waals surface area contributed by atoms with Gasteiger partial charge in [0.05, 0.1) is 67.6 Å². The van der Waals surface area contributed by atoms with Crippen molar-refractivity contribution in [1.82, 2.24) is 0 Å². The first-order valence-electron chi connectivity index (χ1n) is 10.4. The highest BCUT2D eigenvalue weighted by Crippen LogP contribution is 2.28. The first kappa shape index (κ1) is 24.9. The average molecular weight is 435 g/mol. The molecule has 7 nitrogen and oxygen atoms in total. The minimum atomic E-state index is -0.0144. The van der Waals surface area contributed by atoms with Gasteiger partial charge in [-0.05, 0) is 30.2 Å². The Hall–Kier alpha value is -2.32. The summed E-state index contributed by atoms with van der Waals surface area (Å²) in [5.41, 5.74) is 2.84. The third-order valence-corrected chi connectivity index (χ3v) is 4.89. The van der Waals surface area contributed by atoms with E-state index in [0.29, 0.717) is 52.5 Å². The topological polar surface area (TPSA) is 75.6 Å². The number of methoxy groups -OCH3 is 3. The predicted molar refractivity (Wildman–Crippen MR) is 118 cm³/mol. The molecule has 31 heavy (non-hydrogen) atoms. The molecule has 0 atom stereocenters. The summed E-state index contributed by atoms with van der Waals surface area (Å²) in [5.74, 6) is 2.38. The monoisotopic (exact) mass is 434 g/mol. The van der Waals surface area contributed by atoms with Gasteiger partial charge < -0.3 is 33.5 Å². The van der Waals surface area contributed by atoms with Crippen LogP contribution in [0.25, 0.3) is 0 Å². The van der Waals surface area contributed by atoms with Gasteiger partial charge >= 0.3 is 0 Å². The van der Waals surface area contributed by atoms with Gasteiger partial charge in [0.15, 0.2) is 0 Å². The lowest BCUT2D eigenvalue weighted by atomic mass is 10.0. The van der Waals surface area contributed by atoms with Crippen LogP contribution in [0.4, 0.5) is 0 Å². The molecule has 0 saturated carbocycles. The van der Waals surface area contributed by atoms with Crippen LogP contribution in [0.2, 0.25) is 0 Å². The molecule has 0 fully saturated rings. The third-order valence-electron chi connectivity index (χ3n) is 4.89. The Morgan fingerprint density at radius 1 is 0.581 bits per heavy atom. The van der Waals surface area contributed by atoms with E-state index in [1.54, 1.807) is 21.3 Å². The second-order valence-electron chi connectivity index (χ2n) is 6.73. The maximum absolute atomic E-state index is 9.48. The van der Waals surface area contributed by atoms with E-state index in [-0.39, 0.29) is 6.61 Å². The molecule has 0 radical (unpaired) electrons. The molecule has 2 aromatic rings. The van der Waals surface area contributed by atoms with E-state index in [0.717, 1.165) is 33.9 Å². The van der Waals surface area contributed by atoms with Gasteiger partial charge in [0, 0.05) is 17.5 Å². The number of hydrogen-bond acceptors (Lipinski definition) is 7. The summed E-state index contributed by atoms with van der Waals surface area (Å²) in [7, 11) is 4.93. The molecule has 0 aliphatic rings. The fourth-order valence-corrected chi connectivity index (χ4v) is 3.30. The maximum Gasteiger partial charge on any atom is 0.125 e. The molecule has 0 heterocycles. The van der Waals surface area contributed by atoms with Gasteiger partial charge in [-0.1, -0.05) is 18.2 Å². The number of benzene rings is 2. The van der Waals surface area contributed by atoms with E-state index < -0.39 is 0 Å². The fraction of sp³-hybridized carbons (Fsp3) is 0.500. The van der Waals surface area contributed by atoms with Gasteiger partial charge in [-0.3, -0.25) is 0 Å². The summed E-state index contributed by atoms with van der Waals surface area (Å²) < 4.78 is 33.0. The fourth-order valence-electron chi connectivity index (χ4n) is 3.30. The van der Waals surface area contributed by atoms with Crippen molar-refractivity contribution >= 4 is 0 Å². The van der Waals surface area contributed by atoms with Crippen molar-refractivity contribution in [2.75, 3.05) is 61.0 Å². The van der Waals surface area contributed by atoms with Crippen LogP contribution in [-0.4, -0.2) is 66.1 Å². The largest absolute Gasteiger partial charge is 0.496 e. The minimum absolute atomic E-state index is 0.0144. The summed E-state index contributed by atoms with van der Waals surface area (Å²) in [6, 6.07) is 11.4. The Bertz CT molecular complexity index is 656. The first-order chi connectivity index (χ1) is 15.2. The number of aliphatic hydroxyl groups excluding tert-OH is 1. The van der Waals surface area contributed by atoms with Crippen LogP contribution in [0.5, 0.6) is 17.2 Å². The summed E-state index contributed by atoms with van der Waals surface area (Å²) in [5, 5.41) is 9.48. The molecule has 0 amide bonds. The molecule has 0 aromatic heterocycles. The zero-order valence-electron chi connectivity index (χ0n) is 18.7. The van der Waals surface area contributed by atoms with E-state index in [1.807, 2.05) is 36.4 Å². The second-order valence-corrected chi connectivity index (χ2v) is 6.73. The first-order valence-corrected chi connectivity index (χ1v) is 10.4. The van der Waals surface area contributed by atoms with E-state index in [1.165, 1.54) is 0 Å². The number of rotatable bonds is 16. The highest BCUT2D eigenvalue weighted by molar-refractivity contribution is 5.45. The van der Waals surface area contributed by atoms with Crippen molar-refractivity contribution in [3.63, 3.8) is 0 Å². The Kier molecular flexibility index (Phi) is 11.8. The van der Waals surface area contributed by atoms with Gasteiger partial charge in [0.2, 0.25) is 0 Å². The summed E-state index contributed by atoms with van der Waals surface area (Å²) in [6.45, 7) is 3.10. The molecular weight excluding hydrogens is 400 g/mol. The summed E-state index contributed by atoms with van der Waals surface area (Å²) in [4.78, 5) is 0. The van der Waals surface area contributed by atoms with Crippen molar-refractivity contribution in [1.29, 1.82) is 0 Å². The van der Waals surface area contributed by atoms with Crippen molar-refractivity contribution < 1.29 is 33.5 Å². The summed E-state index contributed by atoms with van der Waals surface area (Å²) in [6.07, 6.45) is 1.38. The molecule has 2 rings (SSSR count). The maximum atomic E-state index is 9.48. The van der Waals surface area contributed by atoms with Crippen molar-refractivity contribution in [2.24, 2.45) is 0 Å². The van der Waals surface area contributed by atoms with E-state index >= 15 is 0 Å². The molecule has 0 saturated heterocycles. The van der Waals surface area contributed by atoms with Crippen LogP contribution in [0, 0.1) is 0 Å². The van der Waals surface area contributed by atoms with Crippen LogP contribution in [0.3, 0.4) is 0 Å². The zero-order valence-corrected chi connectivity index (χ0v) is 18.7. The quantitative estimate of drug-likeness (QED) is 0.407. The van der Waals surface area contributed by atoms with E-state index in [9.17, 15) is 5.11 Å². The lowest BCUT2D eigenvalue weighted by Crippen LogP contribution is -2.12. The van der Waals surface area contributed by atoms with Gasteiger partial charge in [0.1, 0.15) is 17.2 Å². The van der Waals surface area contributed by atoms with Crippen LogP contribution >= 0.6 is 0 Å². The standard InChI is InChI=1S/C24H34O7/c1-26-22-7-4-6-19(18-25)20(22)10-12-29-14-16-31-17-15-30-13-11-21-23(27-2)8-5-9-24(21)28-3/h4-9,25H,10-18H2,1-3H3.